The number of hydrogen-bond acceptors (Lipinski definition) is 8. The molecule has 0 fully saturated rings. The van der Waals surface area contributed by atoms with Gasteiger partial charge in [0.1, 0.15) is 11.5 Å². The molecule has 1 aromatic carbocycles. The maximum atomic E-state index is 12.9. The minimum atomic E-state index is -4.21. The second-order valence-corrected chi connectivity index (χ2v) is 8.00. The molecule has 1 heterocycles. The number of hydroxylamine groups is 2. The molecule has 30 heavy (non-hydrogen) atoms. The average molecular weight is 459 g/mol. The number of rotatable bonds is 6. The highest BCUT2D eigenvalue weighted by Gasteiger charge is 2.32. The number of carbonyl (C=O) groups is 2. The first-order valence-electron chi connectivity index (χ1n) is 8.15. The quantitative estimate of drug-likeness (QED) is 0.377. The number of carbonyl (C=O) groups excluding carboxylic acids is 2. The van der Waals surface area contributed by atoms with Gasteiger partial charge in [-0.05, 0) is 18.2 Å². The second kappa shape index (κ2) is 8.73. The van der Waals surface area contributed by atoms with Gasteiger partial charge in [0.25, 0.3) is 10.1 Å². The molecule has 0 atom stereocenters. The van der Waals surface area contributed by atoms with E-state index in [1.807, 2.05) is 0 Å². The van der Waals surface area contributed by atoms with Gasteiger partial charge in [-0.15, -0.1) is 9.35 Å². The van der Waals surface area contributed by atoms with Gasteiger partial charge in [0.2, 0.25) is 17.6 Å². The number of amides is 2. The highest BCUT2D eigenvalue weighted by Crippen LogP contribution is 2.38. The Morgan fingerprint density at radius 1 is 1.27 bits per heavy atom. The molecule has 13 heteroatoms. The molecule has 11 nitrogen and oxygen atoms in total. The third-order valence-corrected chi connectivity index (χ3v) is 4.44. The summed E-state index contributed by atoms with van der Waals surface area (Å²) >= 11 is 6.04. The molecule has 0 saturated carbocycles. The van der Waals surface area contributed by atoms with E-state index in [1.165, 1.54) is 33.2 Å². The van der Waals surface area contributed by atoms with Crippen LogP contribution in [0.4, 0.5) is 5.69 Å². The monoisotopic (exact) mass is 458 g/mol. The van der Waals surface area contributed by atoms with E-state index in [0.717, 1.165) is 4.90 Å². The van der Waals surface area contributed by atoms with Gasteiger partial charge in [0.15, 0.2) is 0 Å². The molecule has 162 valence electrons. The van der Waals surface area contributed by atoms with Crippen molar-refractivity contribution in [3.63, 3.8) is 0 Å². The van der Waals surface area contributed by atoms with Crippen LogP contribution in [0.3, 0.4) is 0 Å². The van der Waals surface area contributed by atoms with Crippen molar-refractivity contribution in [1.82, 2.24) is 5.06 Å². The predicted molar refractivity (Wildman–Crippen MR) is 109 cm³/mol. The summed E-state index contributed by atoms with van der Waals surface area (Å²) in [5.74, 6) is -2.73. The third kappa shape index (κ3) is 5.09. The molecule has 1 aromatic heterocycles. The van der Waals surface area contributed by atoms with Crippen molar-refractivity contribution < 1.29 is 31.4 Å². The van der Waals surface area contributed by atoms with Gasteiger partial charge >= 0.3 is 5.91 Å². The summed E-state index contributed by atoms with van der Waals surface area (Å²) in [5.41, 5.74) is 5.63. The minimum absolute atomic E-state index is 0.0205. The smallest absolute Gasteiger partial charge is 0.323 e. The summed E-state index contributed by atoms with van der Waals surface area (Å²) in [6, 6.07) is 6.03. The summed E-state index contributed by atoms with van der Waals surface area (Å²) in [7, 11) is -1.42. The zero-order valence-corrected chi connectivity index (χ0v) is 18.0. The van der Waals surface area contributed by atoms with Crippen molar-refractivity contribution in [3.05, 3.63) is 35.0 Å². The number of nitrogens with two attached hydrogens (primary N) is 1. The molecule has 0 bridgehead atoms. The Bertz CT molecular complexity index is 1110. The molecule has 0 aliphatic rings. The normalized spacial score (nSPS) is 11.1. The number of anilines is 1. The lowest BCUT2D eigenvalue weighted by atomic mass is 10.1. The van der Waals surface area contributed by atoms with E-state index in [0.29, 0.717) is 22.6 Å². The van der Waals surface area contributed by atoms with E-state index in [-0.39, 0.29) is 16.5 Å². The fourth-order valence-corrected chi connectivity index (χ4v) is 2.96. The van der Waals surface area contributed by atoms with Crippen LogP contribution in [0.2, 0.25) is 5.02 Å². The van der Waals surface area contributed by atoms with Gasteiger partial charge in [-0.2, -0.15) is 8.42 Å². The molecule has 0 aliphatic heterocycles. The molecule has 2 amide bonds. The lowest BCUT2D eigenvalue weighted by Crippen LogP contribution is -2.43. The SMILES string of the molecule is COc1ccc(Cl)cc1-c1cc(N(C)C(C)=O)c(C(=O)N(OS(C)(=O)=O)C(=N)N)o1. The van der Waals surface area contributed by atoms with Crippen LogP contribution in [0.25, 0.3) is 11.3 Å². The van der Waals surface area contributed by atoms with Gasteiger partial charge in [-0.3, -0.25) is 15.0 Å². The van der Waals surface area contributed by atoms with Crippen LogP contribution in [-0.4, -0.2) is 51.7 Å². The number of hydrogen-bond donors (Lipinski definition) is 2. The van der Waals surface area contributed by atoms with Crippen molar-refractivity contribution >= 4 is 45.2 Å². The number of furan rings is 1. The maximum Gasteiger partial charge on any atom is 0.323 e. The first kappa shape index (κ1) is 23.2. The van der Waals surface area contributed by atoms with E-state index < -0.39 is 33.7 Å². The van der Waals surface area contributed by atoms with Crippen LogP contribution >= 0.6 is 11.6 Å². The Morgan fingerprint density at radius 2 is 1.90 bits per heavy atom. The number of methoxy groups -OCH3 is 1. The highest BCUT2D eigenvalue weighted by molar-refractivity contribution is 7.85. The summed E-state index contributed by atoms with van der Waals surface area (Å²) in [6.07, 6.45) is 0.670. The predicted octanol–water partition coefficient (Wildman–Crippen LogP) is 1.82. The Kier molecular flexibility index (Phi) is 6.75. The van der Waals surface area contributed by atoms with Gasteiger partial charge in [-0.25, -0.2) is 0 Å². The Labute approximate surface area is 177 Å². The lowest BCUT2D eigenvalue weighted by molar-refractivity contribution is -0.116. The van der Waals surface area contributed by atoms with E-state index >= 15 is 0 Å². The highest BCUT2D eigenvalue weighted by atomic mass is 35.5. The van der Waals surface area contributed by atoms with Gasteiger partial charge in [0.05, 0.1) is 24.6 Å². The molecule has 0 saturated heterocycles. The summed E-state index contributed by atoms with van der Waals surface area (Å²) < 4.78 is 38.3. The van der Waals surface area contributed by atoms with Crippen molar-refractivity contribution in [2.45, 2.75) is 6.92 Å². The van der Waals surface area contributed by atoms with Crippen LogP contribution < -0.4 is 15.4 Å². The van der Waals surface area contributed by atoms with E-state index in [4.69, 9.17) is 31.9 Å². The van der Waals surface area contributed by atoms with Crippen LogP contribution in [0.1, 0.15) is 17.5 Å². The number of benzene rings is 1. The van der Waals surface area contributed by atoms with E-state index in [9.17, 15) is 18.0 Å². The Hall–Kier alpha value is -3.09. The van der Waals surface area contributed by atoms with Crippen LogP contribution in [0, 0.1) is 5.41 Å². The zero-order valence-electron chi connectivity index (χ0n) is 16.4. The standard InChI is InChI=1S/C17H19ClN4O7S/c1-9(23)21(2)12-8-14(11-7-10(18)5-6-13(11)27-3)28-15(12)16(24)22(17(19)20)29-30(4,25)26/h5-8H,1-4H3,(H3,19,20). The number of halogens is 1. The van der Waals surface area contributed by atoms with Crippen molar-refractivity contribution in [3.8, 4) is 17.1 Å². The van der Waals surface area contributed by atoms with Gasteiger partial charge < -0.3 is 19.8 Å². The molecular formula is C17H19ClN4O7S. The van der Waals surface area contributed by atoms with Crippen molar-refractivity contribution in [2.24, 2.45) is 5.73 Å². The minimum Gasteiger partial charge on any atom is -0.496 e. The summed E-state index contributed by atoms with van der Waals surface area (Å²) in [4.78, 5) is 25.9. The Balaban J connectivity index is 2.69. The van der Waals surface area contributed by atoms with Crippen molar-refractivity contribution in [1.29, 1.82) is 5.41 Å². The summed E-state index contributed by atoms with van der Waals surface area (Å²) in [5, 5.41) is 7.85. The second-order valence-electron chi connectivity index (χ2n) is 6.01. The van der Waals surface area contributed by atoms with Gasteiger partial charge in [0, 0.05) is 25.1 Å². The topological polar surface area (TPSA) is 156 Å². The average Bonchev–Trinajstić information content (AvgIpc) is 3.09. The van der Waals surface area contributed by atoms with E-state index in [2.05, 4.69) is 4.28 Å². The van der Waals surface area contributed by atoms with Crippen LogP contribution in [0.15, 0.2) is 28.7 Å². The summed E-state index contributed by atoms with van der Waals surface area (Å²) in [6.45, 7) is 1.25. The number of guanidine groups is 1. The largest absolute Gasteiger partial charge is 0.496 e. The first-order valence-corrected chi connectivity index (χ1v) is 10.3. The molecule has 0 spiro atoms. The molecule has 3 N–H and O–H groups in total. The Morgan fingerprint density at radius 3 is 2.40 bits per heavy atom. The van der Waals surface area contributed by atoms with E-state index in [1.54, 1.807) is 12.1 Å². The fraction of sp³-hybridized carbons (Fsp3) is 0.235. The molecule has 0 radical (unpaired) electrons. The lowest BCUT2D eigenvalue weighted by Gasteiger charge is -2.19. The van der Waals surface area contributed by atoms with Crippen LogP contribution in [0.5, 0.6) is 5.75 Å². The van der Waals surface area contributed by atoms with Crippen LogP contribution in [-0.2, 0) is 19.2 Å². The number of nitrogens with one attached hydrogen (secondary N) is 1. The third-order valence-electron chi connectivity index (χ3n) is 3.78. The molecule has 2 rings (SSSR count). The molecule has 0 aliphatic carbocycles. The first-order chi connectivity index (χ1) is 13.9. The fourth-order valence-electron chi connectivity index (χ4n) is 2.37. The molecule has 2 aromatic rings. The van der Waals surface area contributed by atoms with Crippen molar-refractivity contribution in [2.75, 3.05) is 25.3 Å². The maximum absolute atomic E-state index is 12.9. The molecule has 0 unspecified atom stereocenters. The number of nitrogens with zero attached hydrogens (tertiary/aromatic N) is 2. The van der Waals surface area contributed by atoms with Gasteiger partial charge in [-0.1, -0.05) is 11.6 Å². The number of ether oxygens (including phenoxy) is 1. The zero-order chi connectivity index (χ0) is 22.8. The molecular weight excluding hydrogens is 440 g/mol.